The first-order valence-corrected chi connectivity index (χ1v) is 11.6. The Morgan fingerprint density at radius 3 is 2.64 bits per heavy atom. The number of benzene rings is 2. The minimum absolute atomic E-state index is 0.143. The van der Waals surface area contributed by atoms with Gasteiger partial charge in [-0.1, -0.05) is 37.3 Å². The molecule has 2 aromatic carbocycles. The minimum atomic E-state index is -0.355. The summed E-state index contributed by atoms with van der Waals surface area (Å²) in [5, 5.41) is 17.5. The van der Waals surface area contributed by atoms with Crippen LogP contribution in [-0.4, -0.2) is 40.3 Å². The highest BCUT2D eigenvalue weighted by molar-refractivity contribution is 7.10. The van der Waals surface area contributed by atoms with E-state index in [-0.39, 0.29) is 16.5 Å². The van der Waals surface area contributed by atoms with Gasteiger partial charge in [0.2, 0.25) is 0 Å². The number of para-hydroxylation sites is 2. The molecule has 0 atom stereocenters. The second-order valence-electron chi connectivity index (χ2n) is 7.81. The fourth-order valence-corrected chi connectivity index (χ4v) is 4.82. The molecule has 2 aromatic heterocycles. The Hall–Kier alpha value is -3.56. The van der Waals surface area contributed by atoms with Crippen LogP contribution in [0.1, 0.15) is 27.7 Å². The molecule has 4 aromatic rings. The largest absolute Gasteiger partial charge is 0.398 e. The quantitative estimate of drug-likeness (QED) is 0.226. The van der Waals surface area contributed by atoms with Crippen molar-refractivity contribution in [2.75, 3.05) is 25.4 Å². The predicted octanol–water partition coefficient (Wildman–Crippen LogP) is 4.50. The van der Waals surface area contributed by atoms with Crippen LogP contribution in [0.2, 0.25) is 0 Å². The molecule has 170 valence electrons. The Morgan fingerprint density at radius 1 is 1.18 bits per heavy atom. The van der Waals surface area contributed by atoms with Gasteiger partial charge in [-0.15, -0.1) is 11.3 Å². The van der Waals surface area contributed by atoms with E-state index in [0.717, 1.165) is 21.9 Å². The molecule has 0 saturated heterocycles. The summed E-state index contributed by atoms with van der Waals surface area (Å²) in [6, 6.07) is 12.8. The number of nitrogens with one attached hydrogen (secondary N) is 1. The molecule has 2 heterocycles. The third-order valence-electron chi connectivity index (χ3n) is 5.77. The third-order valence-corrected chi connectivity index (χ3v) is 6.66. The lowest BCUT2D eigenvalue weighted by molar-refractivity contribution is -0.385. The number of nitrogens with two attached hydrogens (primary N) is 1. The van der Waals surface area contributed by atoms with E-state index < -0.39 is 0 Å². The van der Waals surface area contributed by atoms with Crippen LogP contribution < -0.4 is 11.1 Å². The number of hydrogen-bond acceptors (Lipinski definition) is 7. The van der Waals surface area contributed by atoms with Crippen molar-refractivity contribution >= 4 is 50.4 Å². The summed E-state index contributed by atoms with van der Waals surface area (Å²) in [4.78, 5) is 31.4. The highest BCUT2D eigenvalue weighted by Crippen LogP contribution is 2.31. The van der Waals surface area contributed by atoms with Crippen LogP contribution in [-0.2, 0) is 6.54 Å². The number of amides is 1. The van der Waals surface area contributed by atoms with E-state index in [0.29, 0.717) is 47.8 Å². The summed E-state index contributed by atoms with van der Waals surface area (Å²) in [6.07, 6.45) is 0. The number of nitrogens with zero attached hydrogens (tertiary/aromatic N) is 3. The van der Waals surface area contributed by atoms with Gasteiger partial charge in [0.15, 0.2) is 0 Å². The van der Waals surface area contributed by atoms with Crippen molar-refractivity contribution in [3.63, 3.8) is 0 Å². The van der Waals surface area contributed by atoms with Crippen LogP contribution in [0.3, 0.4) is 0 Å². The van der Waals surface area contributed by atoms with E-state index in [4.69, 9.17) is 10.7 Å². The summed E-state index contributed by atoms with van der Waals surface area (Å²) in [5.41, 5.74) is 10.0. The number of fused-ring (bicyclic) bond motifs is 2. The van der Waals surface area contributed by atoms with E-state index >= 15 is 0 Å². The smallest absolute Gasteiger partial charge is 0.284 e. The Morgan fingerprint density at radius 2 is 1.91 bits per heavy atom. The average Bonchev–Trinajstić information content (AvgIpc) is 3.27. The number of thiophene rings is 1. The van der Waals surface area contributed by atoms with Gasteiger partial charge in [0.25, 0.3) is 11.6 Å². The number of likely N-dealkylation sites (N-methyl/N-ethyl adjacent to an activating group) is 1. The van der Waals surface area contributed by atoms with Gasteiger partial charge in [0.05, 0.1) is 32.1 Å². The first-order chi connectivity index (χ1) is 15.9. The second-order valence-corrected chi connectivity index (χ2v) is 8.81. The van der Waals surface area contributed by atoms with Crippen LogP contribution in [0.5, 0.6) is 0 Å². The van der Waals surface area contributed by atoms with Gasteiger partial charge in [-0.2, -0.15) is 0 Å². The summed E-state index contributed by atoms with van der Waals surface area (Å²) < 4.78 is 0. The zero-order valence-electron chi connectivity index (χ0n) is 18.5. The van der Waals surface area contributed by atoms with Gasteiger partial charge in [-0.3, -0.25) is 19.8 Å². The monoisotopic (exact) mass is 463 g/mol. The Labute approximate surface area is 195 Å². The van der Waals surface area contributed by atoms with Gasteiger partial charge in [0.1, 0.15) is 0 Å². The molecule has 9 heteroatoms. The van der Waals surface area contributed by atoms with E-state index in [1.165, 1.54) is 17.4 Å². The first-order valence-electron chi connectivity index (χ1n) is 10.7. The van der Waals surface area contributed by atoms with Crippen molar-refractivity contribution in [3.05, 3.63) is 74.0 Å². The number of nitrogen functional groups attached to an aromatic ring is 1. The van der Waals surface area contributed by atoms with Crippen molar-refractivity contribution in [1.29, 1.82) is 0 Å². The molecule has 33 heavy (non-hydrogen) atoms. The van der Waals surface area contributed by atoms with Crippen LogP contribution in [0.15, 0.2) is 47.8 Å². The number of aryl methyl sites for hydroxylation is 1. The lowest BCUT2D eigenvalue weighted by atomic mass is 10.0. The topological polar surface area (TPSA) is 114 Å². The number of anilines is 1. The standard InChI is InChI=1S/C24H25N5O3S/c1-3-28(14-20-19(29(31)32)10-13-33-20)12-11-26-24(30)18-9-5-8-17-21(25)16-7-4-6-15(2)22(16)27-23(17)18/h4-10,13H,3,11-12,14H2,1-2H3,(H2,25,27)(H,26,30). The Kier molecular flexibility index (Phi) is 6.52. The number of rotatable bonds is 8. The third kappa shape index (κ3) is 4.50. The zero-order chi connectivity index (χ0) is 23.5. The maximum Gasteiger partial charge on any atom is 0.284 e. The molecule has 0 radical (unpaired) electrons. The average molecular weight is 464 g/mol. The van der Waals surface area contributed by atoms with E-state index in [1.54, 1.807) is 11.4 Å². The Balaban J connectivity index is 1.51. The maximum absolute atomic E-state index is 13.0. The van der Waals surface area contributed by atoms with E-state index in [9.17, 15) is 14.9 Å². The summed E-state index contributed by atoms with van der Waals surface area (Å²) in [5.74, 6) is -0.224. The molecule has 8 nitrogen and oxygen atoms in total. The van der Waals surface area contributed by atoms with Crippen molar-refractivity contribution in [2.24, 2.45) is 0 Å². The van der Waals surface area contributed by atoms with Crippen LogP contribution >= 0.6 is 11.3 Å². The number of carbonyl (C=O) groups excluding carboxylic acids is 1. The van der Waals surface area contributed by atoms with Crippen LogP contribution in [0, 0.1) is 17.0 Å². The summed E-state index contributed by atoms with van der Waals surface area (Å²) in [7, 11) is 0. The number of nitro groups is 1. The second kappa shape index (κ2) is 9.51. The van der Waals surface area contributed by atoms with Gasteiger partial charge in [0, 0.05) is 36.5 Å². The number of carbonyl (C=O) groups is 1. The van der Waals surface area contributed by atoms with Crippen molar-refractivity contribution in [3.8, 4) is 0 Å². The molecular formula is C24H25N5O3S. The van der Waals surface area contributed by atoms with E-state index in [1.807, 2.05) is 44.2 Å². The highest BCUT2D eigenvalue weighted by Gasteiger charge is 2.18. The highest BCUT2D eigenvalue weighted by atomic mass is 32.1. The molecule has 3 N–H and O–H groups in total. The fourth-order valence-electron chi connectivity index (χ4n) is 3.94. The molecule has 0 aliphatic carbocycles. The molecular weight excluding hydrogens is 438 g/mol. The molecule has 4 rings (SSSR count). The number of aromatic nitrogens is 1. The molecule has 1 amide bonds. The fraction of sp³-hybridized carbons (Fsp3) is 0.250. The molecule has 0 saturated carbocycles. The molecule has 0 fully saturated rings. The lowest BCUT2D eigenvalue weighted by Gasteiger charge is -2.19. The van der Waals surface area contributed by atoms with Gasteiger partial charge < -0.3 is 11.1 Å². The molecule has 0 bridgehead atoms. The van der Waals surface area contributed by atoms with Crippen molar-refractivity contribution in [1.82, 2.24) is 15.2 Å². The minimum Gasteiger partial charge on any atom is -0.398 e. The van der Waals surface area contributed by atoms with Gasteiger partial charge >= 0.3 is 0 Å². The lowest BCUT2D eigenvalue weighted by Crippen LogP contribution is -2.34. The normalized spacial score (nSPS) is 11.4. The van der Waals surface area contributed by atoms with Crippen LogP contribution in [0.25, 0.3) is 21.8 Å². The van der Waals surface area contributed by atoms with Gasteiger partial charge in [-0.05, 0) is 30.5 Å². The SMILES string of the molecule is CCN(CCNC(=O)c1cccc2c(N)c3cccc(C)c3nc12)Cc1sccc1[N+](=O)[O-]. The van der Waals surface area contributed by atoms with Gasteiger partial charge in [-0.25, -0.2) is 4.98 Å². The van der Waals surface area contributed by atoms with Crippen molar-refractivity contribution < 1.29 is 9.72 Å². The predicted molar refractivity (Wildman–Crippen MR) is 133 cm³/mol. The molecule has 0 aliphatic heterocycles. The molecule has 0 unspecified atom stereocenters. The summed E-state index contributed by atoms with van der Waals surface area (Å²) >= 11 is 1.37. The maximum atomic E-state index is 13.0. The zero-order valence-corrected chi connectivity index (χ0v) is 19.3. The molecule has 0 spiro atoms. The molecule has 0 aliphatic rings. The van der Waals surface area contributed by atoms with Crippen LogP contribution in [0.4, 0.5) is 11.4 Å². The first kappa shape index (κ1) is 22.6. The summed E-state index contributed by atoms with van der Waals surface area (Å²) in [6.45, 7) is 6.12. The Bertz CT molecular complexity index is 1350. The number of pyridine rings is 1. The van der Waals surface area contributed by atoms with E-state index in [2.05, 4.69) is 10.2 Å². The number of hydrogen-bond donors (Lipinski definition) is 2. The van der Waals surface area contributed by atoms with Crippen molar-refractivity contribution in [2.45, 2.75) is 20.4 Å².